The monoisotopic (exact) mass is 307 g/mol. The summed E-state index contributed by atoms with van der Waals surface area (Å²) >= 11 is 3.41. The van der Waals surface area contributed by atoms with Gasteiger partial charge in [-0.05, 0) is 30.7 Å². The SMILES string of the molecule is Cc1cc(Br)cc(CO)c1OCc1cccnc1. The Bertz CT molecular complexity index is 529. The van der Waals surface area contributed by atoms with Crippen molar-refractivity contribution < 1.29 is 9.84 Å². The number of benzene rings is 1. The number of aryl methyl sites for hydroxylation is 1. The fraction of sp³-hybridized carbons (Fsp3) is 0.214. The van der Waals surface area contributed by atoms with Gasteiger partial charge in [-0.15, -0.1) is 0 Å². The van der Waals surface area contributed by atoms with Crippen LogP contribution in [0.4, 0.5) is 0 Å². The van der Waals surface area contributed by atoms with Crippen molar-refractivity contribution in [3.8, 4) is 5.75 Å². The topological polar surface area (TPSA) is 42.4 Å². The highest BCUT2D eigenvalue weighted by molar-refractivity contribution is 9.10. The number of halogens is 1. The maximum atomic E-state index is 9.35. The lowest BCUT2D eigenvalue weighted by atomic mass is 10.1. The standard InChI is InChI=1S/C14H14BrNO2/c1-10-5-13(15)6-12(8-17)14(10)18-9-11-3-2-4-16-7-11/h2-7,17H,8-9H2,1H3. The van der Waals surface area contributed by atoms with E-state index in [1.807, 2.05) is 31.2 Å². The third-order valence-corrected chi connectivity index (χ3v) is 3.05. The molecule has 0 saturated carbocycles. The summed E-state index contributed by atoms with van der Waals surface area (Å²) in [6.07, 6.45) is 3.50. The molecule has 0 atom stereocenters. The van der Waals surface area contributed by atoms with E-state index in [9.17, 15) is 5.11 Å². The number of ether oxygens (including phenoxy) is 1. The quantitative estimate of drug-likeness (QED) is 0.943. The Morgan fingerprint density at radius 2 is 2.22 bits per heavy atom. The fourth-order valence-electron chi connectivity index (χ4n) is 1.76. The molecular weight excluding hydrogens is 294 g/mol. The van der Waals surface area contributed by atoms with Crippen LogP contribution in [0.1, 0.15) is 16.7 Å². The molecule has 2 aromatic rings. The lowest BCUT2D eigenvalue weighted by molar-refractivity contribution is 0.258. The average Bonchev–Trinajstić information content (AvgIpc) is 2.38. The van der Waals surface area contributed by atoms with Crippen LogP contribution in [-0.4, -0.2) is 10.1 Å². The van der Waals surface area contributed by atoms with Gasteiger partial charge in [-0.1, -0.05) is 22.0 Å². The lowest BCUT2D eigenvalue weighted by Gasteiger charge is -2.13. The number of hydrogen-bond donors (Lipinski definition) is 1. The van der Waals surface area contributed by atoms with Crippen LogP contribution in [0.3, 0.4) is 0 Å². The zero-order valence-corrected chi connectivity index (χ0v) is 11.6. The number of aromatic nitrogens is 1. The zero-order chi connectivity index (χ0) is 13.0. The maximum Gasteiger partial charge on any atom is 0.128 e. The second kappa shape index (κ2) is 5.98. The van der Waals surface area contributed by atoms with E-state index < -0.39 is 0 Å². The van der Waals surface area contributed by atoms with E-state index in [2.05, 4.69) is 20.9 Å². The third kappa shape index (κ3) is 3.09. The molecule has 1 N–H and O–H groups in total. The first-order valence-corrected chi connectivity index (χ1v) is 6.41. The van der Waals surface area contributed by atoms with Gasteiger partial charge in [-0.25, -0.2) is 0 Å². The summed E-state index contributed by atoms with van der Waals surface area (Å²) in [4.78, 5) is 4.04. The largest absolute Gasteiger partial charge is 0.488 e. The summed E-state index contributed by atoms with van der Waals surface area (Å²) in [7, 11) is 0. The summed E-state index contributed by atoms with van der Waals surface area (Å²) in [5, 5.41) is 9.35. The van der Waals surface area contributed by atoms with Crippen LogP contribution < -0.4 is 4.74 Å². The number of hydrogen-bond acceptors (Lipinski definition) is 3. The van der Waals surface area contributed by atoms with Crippen LogP contribution in [0, 0.1) is 6.92 Å². The van der Waals surface area contributed by atoms with Gasteiger partial charge >= 0.3 is 0 Å². The van der Waals surface area contributed by atoms with Crippen LogP contribution >= 0.6 is 15.9 Å². The molecule has 0 aliphatic rings. The molecule has 4 heteroatoms. The Hall–Kier alpha value is -1.39. The second-order valence-corrected chi connectivity index (χ2v) is 4.93. The Balaban J connectivity index is 2.19. The minimum Gasteiger partial charge on any atom is -0.488 e. The molecule has 0 radical (unpaired) electrons. The van der Waals surface area contributed by atoms with Gasteiger partial charge in [0.1, 0.15) is 12.4 Å². The zero-order valence-electron chi connectivity index (χ0n) is 10.1. The molecule has 2 rings (SSSR count). The number of aliphatic hydroxyl groups is 1. The van der Waals surface area contributed by atoms with Crippen molar-refractivity contribution in [1.82, 2.24) is 4.98 Å². The molecule has 3 nitrogen and oxygen atoms in total. The highest BCUT2D eigenvalue weighted by atomic mass is 79.9. The molecule has 94 valence electrons. The summed E-state index contributed by atoms with van der Waals surface area (Å²) in [5.41, 5.74) is 2.78. The summed E-state index contributed by atoms with van der Waals surface area (Å²) in [5.74, 6) is 0.740. The van der Waals surface area contributed by atoms with Gasteiger partial charge in [0.25, 0.3) is 0 Å². The van der Waals surface area contributed by atoms with E-state index >= 15 is 0 Å². The first kappa shape index (κ1) is 13.1. The number of pyridine rings is 1. The lowest BCUT2D eigenvalue weighted by Crippen LogP contribution is -2.01. The maximum absolute atomic E-state index is 9.35. The van der Waals surface area contributed by atoms with Gasteiger partial charge in [0.15, 0.2) is 0 Å². The number of rotatable bonds is 4. The molecule has 0 unspecified atom stereocenters. The molecule has 1 aromatic heterocycles. The highest BCUT2D eigenvalue weighted by Crippen LogP contribution is 2.28. The summed E-state index contributed by atoms with van der Waals surface area (Å²) in [6, 6.07) is 7.67. The van der Waals surface area contributed by atoms with Crippen LogP contribution in [0.25, 0.3) is 0 Å². The predicted octanol–water partition coefficient (Wildman–Crippen LogP) is 3.22. The number of aliphatic hydroxyl groups excluding tert-OH is 1. The molecule has 0 spiro atoms. The third-order valence-electron chi connectivity index (χ3n) is 2.59. The summed E-state index contributed by atoms with van der Waals surface area (Å²) < 4.78 is 6.72. The van der Waals surface area contributed by atoms with E-state index in [4.69, 9.17) is 4.74 Å². The van der Waals surface area contributed by atoms with Crippen LogP contribution in [0.2, 0.25) is 0 Å². The van der Waals surface area contributed by atoms with Crippen molar-refractivity contribution in [3.05, 3.63) is 57.8 Å². The molecule has 18 heavy (non-hydrogen) atoms. The van der Waals surface area contributed by atoms with Gasteiger partial charge in [0.05, 0.1) is 6.61 Å². The van der Waals surface area contributed by atoms with E-state index in [0.29, 0.717) is 6.61 Å². The van der Waals surface area contributed by atoms with E-state index in [-0.39, 0.29) is 6.61 Å². The second-order valence-electron chi connectivity index (χ2n) is 4.02. The van der Waals surface area contributed by atoms with Gasteiger partial charge in [0, 0.05) is 28.0 Å². The molecule has 0 saturated heterocycles. The fourth-order valence-corrected chi connectivity index (χ4v) is 2.38. The van der Waals surface area contributed by atoms with Crippen molar-refractivity contribution in [2.24, 2.45) is 0 Å². The molecule has 1 heterocycles. The molecule has 0 amide bonds. The van der Waals surface area contributed by atoms with Crippen LogP contribution in [0.5, 0.6) is 5.75 Å². The Kier molecular flexibility index (Phi) is 4.33. The van der Waals surface area contributed by atoms with Crippen molar-refractivity contribution >= 4 is 15.9 Å². The highest BCUT2D eigenvalue weighted by Gasteiger charge is 2.08. The first-order valence-electron chi connectivity index (χ1n) is 5.62. The van der Waals surface area contributed by atoms with Crippen molar-refractivity contribution in [2.75, 3.05) is 0 Å². The molecule has 0 bridgehead atoms. The Morgan fingerprint density at radius 1 is 1.39 bits per heavy atom. The van der Waals surface area contributed by atoms with Crippen molar-refractivity contribution in [3.63, 3.8) is 0 Å². The first-order chi connectivity index (χ1) is 8.70. The van der Waals surface area contributed by atoms with Gasteiger partial charge in [-0.3, -0.25) is 4.98 Å². The minimum absolute atomic E-state index is 0.0390. The molecular formula is C14H14BrNO2. The Morgan fingerprint density at radius 3 is 2.89 bits per heavy atom. The van der Waals surface area contributed by atoms with Crippen LogP contribution in [-0.2, 0) is 13.2 Å². The Labute approximate surface area is 115 Å². The van der Waals surface area contributed by atoms with E-state index in [1.165, 1.54) is 0 Å². The van der Waals surface area contributed by atoms with Crippen molar-refractivity contribution in [2.45, 2.75) is 20.1 Å². The normalized spacial score (nSPS) is 10.4. The summed E-state index contributed by atoms with van der Waals surface area (Å²) in [6.45, 7) is 2.37. The molecule has 0 aliphatic heterocycles. The van der Waals surface area contributed by atoms with Crippen LogP contribution in [0.15, 0.2) is 41.1 Å². The molecule has 0 aliphatic carbocycles. The smallest absolute Gasteiger partial charge is 0.128 e. The average molecular weight is 308 g/mol. The molecule has 0 fully saturated rings. The van der Waals surface area contributed by atoms with Gasteiger partial charge < -0.3 is 9.84 Å². The number of nitrogens with zero attached hydrogens (tertiary/aromatic N) is 1. The molecule has 1 aromatic carbocycles. The minimum atomic E-state index is -0.0390. The van der Waals surface area contributed by atoms with Crippen molar-refractivity contribution in [1.29, 1.82) is 0 Å². The van der Waals surface area contributed by atoms with Gasteiger partial charge in [-0.2, -0.15) is 0 Å². The van der Waals surface area contributed by atoms with Gasteiger partial charge in [0.2, 0.25) is 0 Å². The van der Waals surface area contributed by atoms with E-state index in [1.54, 1.807) is 12.4 Å². The van der Waals surface area contributed by atoms with E-state index in [0.717, 1.165) is 26.9 Å². The predicted molar refractivity (Wildman–Crippen MR) is 73.4 cm³/mol.